The lowest BCUT2D eigenvalue weighted by Crippen LogP contribution is -2.26. The van der Waals surface area contributed by atoms with Gasteiger partial charge in [0.2, 0.25) is 0 Å². The highest BCUT2D eigenvalue weighted by atomic mass is 16.6. The van der Waals surface area contributed by atoms with Crippen LogP contribution in [0, 0.1) is 5.41 Å². The summed E-state index contributed by atoms with van der Waals surface area (Å²) < 4.78 is 27.9. The lowest BCUT2D eigenvalue weighted by molar-refractivity contribution is -0.145. The van der Waals surface area contributed by atoms with Gasteiger partial charge in [-0.2, -0.15) is 0 Å². The van der Waals surface area contributed by atoms with E-state index in [1.54, 1.807) is 50.2 Å². The highest BCUT2D eigenvalue weighted by molar-refractivity contribution is 5.95. The van der Waals surface area contributed by atoms with Crippen molar-refractivity contribution in [2.75, 3.05) is 32.2 Å². The number of benzene rings is 2. The Morgan fingerprint density at radius 2 is 1.61 bits per heavy atom. The standard InChI is InChI=1S/C26H35N3O7/c1-6-23(30)35-15-16(4)36-20-14-22(34-8-3)21(33-7-2)13-19(20)24(26(31)32-5)29-18-11-9-17(10-12-18)25(27)28/h9-14,16,24,29H,6-8,15H2,1-5H3,(H3,27,28). The van der Waals surface area contributed by atoms with E-state index in [9.17, 15) is 9.59 Å². The molecule has 2 aromatic rings. The van der Waals surface area contributed by atoms with E-state index in [2.05, 4.69) is 5.32 Å². The Kier molecular flexibility index (Phi) is 10.9. The van der Waals surface area contributed by atoms with Crippen LogP contribution in [0.1, 0.15) is 51.3 Å². The average molecular weight is 502 g/mol. The zero-order valence-corrected chi connectivity index (χ0v) is 21.4. The number of nitrogens with one attached hydrogen (secondary N) is 2. The number of carbonyl (C=O) groups is 2. The predicted octanol–water partition coefficient (Wildman–Crippen LogP) is 3.81. The molecule has 0 bridgehead atoms. The molecule has 2 rings (SSSR count). The maximum Gasteiger partial charge on any atom is 0.333 e. The number of esters is 2. The van der Waals surface area contributed by atoms with Crippen molar-refractivity contribution in [2.24, 2.45) is 5.73 Å². The number of nitrogen functional groups attached to an aromatic ring is 1. The van der Waals surface area contributed by atoms with Gasteiger partial charge in [-0.15, -0.1) is 0 Å². The van der Waals surface area contributed by atoms with Gasteiger partial charge in [0, 0.05) is 29.3 Å². The van der Waals surface area contributed by atoms with Crippen molar-refractivity contribution in [2.45, 2.75) is 46.3 Å². The number of nitrogens with two attached hydrogens (primary N) is 1. The summed E-state index contributed by atoms with van der Waals surface area (Å²) in [5.41, 5.74) is 7.13. The molecule has 0 aromatic heterocycles. The molecule has 0 saturated carbocycles. The summed E-state index contributed by atoms with van der Waals surface area (Å²) in [5, 5.41) is 10.7. The first-order chi connectivity index (χ1) is 17.2. The summed E-state index contributed by atoms with van der Waals surface area (Å²) in [7, 11) is 1.29. The zero-order valence-electron chi connectivity index (χ0n) is 21.4. The minimum Gasteiger partial charge on any atom is -0.490 e. The maximum atomic E-state index is 12.9. The molecule has 0 aliphatic carbocycles. The highest BCUT2D eigenvalue weighted by Crippen LogP contribution is 2.40. The number of amidine groups is 1. The van der Waals surface area contributed by atoms with Crippen molar-refractivity contribution in [3.63, 3.8) is 0 Å². The largest absolute Gasteiger partial charge is 0.490 e. The maximum absolute atomic E-state index is 12.9. The molecule has 0 aliphatic heterocycles. The second-order valence-corrected chi connectivity index (χ2v) is 7.76. The number of hydrogen-bond donors (Lipinski definition) is 3. The Morgan fingerprint density at radius 1 is 1.00 bits per heavy atom. The summed E-state index contributed by atoms with van der Waals surface area (Å²) in [4.78, 5) is 24.5. The second-order valence-electron chi connectivity index (χ2n) is 7.76. The van der Waals surface area contributed by atoms with E-state index in [-0.39, 0.29) is 24.8 Å². The first-order valence-corrected chi connectivity index (χ1v) is 11.8. The van der Waals surface area contributed by atoms with Crippen LogP contribution in [0.2, 0.25) is 0 Å². The number of ether oxygens (including phenoxy) is 5. The quantitative estimate of drug-likeness (QED) is 0.200. The van der Waals surface area contributed by atoms with Crippen molar-refractivity contribution >= 4 is 23.5 Å². The molecule has 2 atom stereocenters. The van der Waals surface area contributed by atoms with Gasteiger partial charge in [-0.1, -0.05) is 6.92 Å². The topological polar surface area (TPSA) is 142 Å². The third-order valence-corrected chi connectivity index (χ3v) is 5.03. The van der Waals surface area contributed by atoms with Crippen LogP contribution in [0.15, 0.2) is 36.4 Å². The molecule has 2 unspecified atom stereocenters. The first kappa shape index (κ1) is 28.3. The van der Waals surface area contributed by atoms with Crippen molar-refractivity contribution in [1.82, 2.24) is 0 Å². The van der Waals surface area contributed by atoms with Crippen LogP contribution < -0.4 is 25.3 Å². The van der Waals surface area contributed by atoms with E-state index in [0.717, 1.165) is 0 Å². The summed E-state index contributed by atoms with van der Waals surface area (Å²) in [6, 6.07) is 9.10. The van der Waals surface area contributed by atoms with Crippen LogP contribution in [0.25, 0.3) is 0 Å². The fourth-order valence-corrected chi connectivity index (χ4v) is 3.28. The normalized spacial score (nSPS) is 12.1. The third-order valence-electron chi connectivity index (χ3n) is 5.03. The average Bonchev–Trinajstić information content (AvgIpc) is 2.87. The molecule has 10 heteroatoms. The van der Waals surface area contributed by atoms with Gasteiger partial charge in [0.15, 0.2) is 17.5 Å². The van der Waals surface area contributed by atoms with Crippen molar-refractivity contribution in [1.29, 1.82) is 5.41 Å². The molecular weight excluding hydrogens is 466 g/mol. The molecule has 0 heterocycles. The van der Waals surface area contributed by atoms with Gasteiger partial charge >= 0.3 is 11.9 Å². The Bertz CT molecular complexity index is 1040. The molecule has 0 aliphatic rings. The van der Waals surface area contributed by atoms with E-state index < -0.39 is 18.1 Å². The van der Waals surface area contributed by atoms with Crippen LogP contribution in [-0.4, -0.2) is 50.8 Å². The molecule has 0 radical (unpaired) electrons. The Morgan fingerprint density at radius 3 is 2.14 bits per heavy atom. The van der Waals surface area contributed by atoms with E-state index in [1.807, 2.05) is 13.8 Å². The van der Waals surface area contributed by atoms with Gasteiger partial charge in [-0.05, 0) is 51.1 Å². The third kappa shape index (κ3) is 7.79. The monoisotopic (exact) mass is 501 g/mol. The molecule has 10 nitrogen and oxygen atoms in total. The van der Waals surface area contributed by atoms with Gasteiger partial charge in [-0.25, -0.2) is 4.79 Å². The second kappa shape index (κ2) is 13.8. The molecule has 0 saturated heterocycles. The smallest absolute Gasteiger partial charge is 0.333 e. The summed E-state index contributed by atoms with van der Waals surface area (Å²) >= 11 is 0. The number of hydrogen-bond acceptors (Lipinski definition) is 9. The van der Waals surface area contributed by atoms with Crippen LogP contribution >= 0.6 is 0 Å². The summed E-state index contributed by atoms with van der Waals surface area (Å²) in [6.07, 6.45) is -0.258. The highest BCUT2D eigenvalue weighted by Gasteiger charge is 2.28. The Hall–Kier alpha value is -3.95. The van der Waals surface area contributed by atoms with E-state index in [0.29, 0.717) is 47.3 Å². The summed E-state index contributed by atoms with van der Waals surface area (Å²) in [6.45, 7) is 7.96. The van der Waals surface area contributed by atoms with Crippen LogP contribution in [0.3, 0.4) is 0 Å². The molecule has 0 spiro atoms. The Labute approximate surface area is 211 Å². The fraction of sp³-hybridized carbons (Fsp3) is 0.423. The number of carbonyl (C=O) groups excluding carboxylic acids is 2. The van der Waals surface area contributed by atoms with Gasteiger partial charge in [0.25, 0.3) is 0 Å². The minimum atomic E-state index is -0.978. The van der Waals surface area contributed by atoms with Gasteiger partial charge in [0.05, 0.1) is 20.3 Å². The number of methoxy groups -OCH3 is 1. The van der Waals surface area contributed by atoms with E-state index in [1.165, 1.54) is 7.11 Å². The fourth-order valence-electron chi connectivity index (χ4n) is 3.28. The SMILES string of the molecule is CCOc1cc(OC(C)COC(=O)CC)c(C(Nc2ccc(C(=N)N)cc2)C(=O)OC)cc1OCC. The van der Waals surface area contributed by atoms with Gasteiger partial charge in [0.1, 0.15) is 24.3 Å². The van der Waals surface area contributed by atoms with E-state index in [4.69, 9.17) is 34.8 Å². The minimum absolute atomic E-state index is 0.0339. The molecule has 36 heavy (non-hydrogen) atoms. The Balaban J connectivity index is 2.52. The predicted molar refractivity (Wildman–Crippen MR) is 136 cm³/mol. The lowest BCUT2D eigenvalue weighted by atomic mass is 10.0. The lowest BCUT2D eigenvalue weighted by Gasteiger charge is -2.25. The number of rotatable bonds is 14. The molecular formula is C26H35N3O7. The zero-order chi connectivity index (χ0) is 26.7. The van der Waals surface area contributed by atoms with Crippen LogP contribution in [0.4, 0.5) is 5.69 Å². The van der Waals surface area contributed by atoms with Crippen molar-refractivity contribution in [3.05, 3.63) is 47.5 Å². The van der Waals surface area contributed by atoms with Gasteiger partial charge in [-0.3, -0.25) is 10.2 Å². The molecule has 0 fully saturated rings. The van der Waals surface area contributed by atoms with Crippen LogP contribution in [0.5, 0.6) is 17.2 Å². The molecule has 2 aromatic carbocycles. The van der Waals surface area contributed by atoms with Crippen LogP contribution in [-0.2, 0) is 19.1 Å². The van der Waals surface area contributed by atoms with E-state index >= 15 is 0 Å². The van der Waals surface area contributed by atoms with Crippen molar-refractivity contribution in [3.8, 4) is 17.2 Å². The number of anilines is 1. The van der Waals surface area contributed by atoms with Gasteiger partial charge < -0.3 is 34.7 Å². The summed E-state index contributed by atoms with van der Waals surface area (Å²) in [5.74, 6) is 0.264. The molecule has 0 amide bonds. The first-order valence-electron chi connectivity index (χ1n) is 11.8. The van der Waals surface area contributed by atoms with Crippen molar-refractivity contribution < 1.29 is 33.3 Å². The molecule has 4 N–H and O–H groups in total. The molecule has 196 valence electrons.